The van der Waals surface area contributed by atoms with Gasteiger partial charge >= 0.3 is 26.2 Å². The molecule has 2 unspecified atom stereocenters. The minimum atomic E-state index is 0. The Labute approximate surface area is 148 Å². The number of rotatable bonds is 0. The van der Waals surface area contributed by atoms with E-state index in [1.165, 1.54) is 33.4 Å². The molecular weight excluding hydrogens is 345 g/mol. The molecule has 0 heterocycles. The third-order valence-corrected chi connectivity index (χ3v) is 4.47. The fraction of sp³-hybridized carbons (Fsp3) is 0.556. The van der Waals surface area contributed by atoms with Gasteiger partial charge in [0.15, 0.2) is 0 Å². The monoisotopic (exact) mass is 372 g/mol. The van der Waals surface area contributed by atoms with Crippen LogP contribution in [-0.2, 0) is 26.2 Å². The van der Waals surface area contributed by atoms with E-state index in [2.05, 4.69) is 67.5 Å². The van der Waals surface area contributed by atoms with Gasteiger partial charge in [0.1, 0.15) is 0 Å². The summed E-state index contributed by atoms with van der Waals surface area (Å²) < 4.78 is 0. The summed E-state index contributed by atoms with van der Waals surface area (Å²) in [6.07, 6.45) is 6.72. The SMILES string of the molecule is CC1=[C-]C(C)C(C)=C1C.CC1=[C-]C(C)C(C)=C1C.F.F.[Zr+2]. The van der Waals surface area contributed by atoms with Crippen molar-refractivity contribution in [3.63, 3.8) is 0 Å². The van der Waals surface area contributed by atoms with Gasteiger partial charge in [-0.1, -0.05) is 53.4 Å². The molecule has 2 rings (SSSR count). The van der Waals surface area contributed by atoms with Gasteiger partial charge in [-0.05, 0) is 0 Å². The van der Waals surface area contributed by atoms with Crippen LogP contribution in [0.5, 0.6) is 0 Å². The molecule has 0 aromatic rings. The van der Waals surface area contributed by atoms with Crippen molar-refractivity contribution >= 4 is 0 Å². The zero-order chi connectivity index (χ0) is 14.0. The van der Waals surface area contributed by atoms with Crippen LogP contribution in [0.1, 0.15) is 55.4 Å². The van der Waals surface area contributed by atoms with E-state index in [9.17, 15) is 0 Å². The Balaban J connectivity index is -0.000000270. The second-order valence-electron chi connectivity index (χ2n) is 5.60. The summed E-state index contributed by atoms with van der Waals surface area (Å²) in [5.74, 6) is 1.12. The Morgan fingerprint density at radius 1 is 0.619 bits per heavy atom. The van der Waals surface area contributed by atoms with Gasteiger partial charge in [0.05, 0.1) is 0 Å². The smallest absolute Gasteiger partial charge is 0.269 e. The van der Waals surface area contributed by atoms with Crippen LogP contribution in [0.2, 0.25) is 0 Å². The molecule has 3 heteroatoms. The van der Waals surface area contributed by atoms with Gasteiger partial charge in [-0.15, -0.1) is 13.8 Å². The molecule has 2 aliphatic carbocycles. The van der Waals surface area contributed by atoms with Gasteiger partial charge in [0.2, 0.25) is 0 Å². The standard InChI is InChI=1S/2C9H13.2FH.Zr/c2*1-6-5-7(2)9(4)8(6)3;;;/h2*6H,1-4H3;2*1H;/q2*-1;;;+2. The average molecular weight is 374 g/mol. The summed E-state index contributed by atoms with van der Waals surface area (Å²) in [6, 6.07) is 0. The molecule has 0 aromatic heterocycles. The third-order valence-electron chi connectivity index (χ3n) is 4.47. The number of halogens is 2. The molecule has 0 fully saturated rings. The topological polar surface area (TPSA) is 0 Å². The Morgan fingerprint density at radius 2 is 0.857 bits per heavy atom. The second-order valence-corrected chi connectivity index (χ2v) is 5.60. The molecule has 0 radical (unpaired) electrons. The molecule has 0 bridgehead atoms. The maximum atomic E-state index is 3.36. The molecule has 21 heavy (non-hydrogen) atoms. The molecule has 0 aromatic carbocycles. The maximum absolute atomic E-state index is 3.36. The first-order valence-corrected chi connectivity index (χ1v) is 6.81. The fourth-order valence-electron chi connectivity index (χ4n) is 2.32. The molecule has 118 valence electrons. The normalized spacial score (nSPS) is 23.2. The van der Waals surface area contributed by atoms with Crippen molar-refractivity contribution in [3.05, 3.63) is 45.6 Å². The first-order valence-electron chi connectivity index (χ1n) is 6.81. The van der Waals surface area contributed by atoms with Crippen LogP contribution < -0.4 is 0 Å². The van der Waals surface area contributed by atoms with Gasteiger partial charge < -0.3 is 0 Å². The molecule has 0 nitrogen and oxygen atoms in total. The Bertz CT molecular complexity index is 424. The van der Waals surface area contributed by atoms with Crippen LogP contribution in [-0.4, -0.2) is 0 Å². The van der Waals surface area contributed by atoms with Gasteiger partial charge in [0, 0.05) is 0 Å². The molecule has 0 saturated heterocycles. The summed E-state index contributed by atoms with van der Waals surface area (Å²) in [4.78, 5) is 0. The van der Waals surface area contributed by atoms with Crippen molar-refractivity contribution < 1.29 is 35.6 Å². The molecule has 0 amide bonds. The first-order chi connectivity index (χ1) is 8.25. The van der Waals surface area contributed by atoms with Crippen LogP contribution in [0.4, 0.5) is 9.41 Å². The minimum absolute atomic E-state index is 0. The Hall–Kier alpha value is -0.297. The molecule has 0 N–H and O–H groups in total. The summed E-state index contributed by atoms with van der Waals surface area (Å²) in [5.41, 5.74) is 8.49. The Morgan fingerprint density at radius 3 is 0.905 bits per heavy atom. The number of hydrogen-bond donors (Lipinski definition) is 0. The van der Waals surface area contributed by atoms with Crippen LogP contribution in [0, 0.1) is 24.0 Å². The van der Waals surface area contributed by atoms with Gasteiger partial charge in [0.25, 0.3) is 0 Å². The number of allylic oxidation sites excluding steroid dienone is 8. The van der Waals surface area contributed by atoms with Crippen molar-refractivity contribution in [2.75, 3.05) is 0 Å². The maximum Gasteiger partial charge on any atom is 2.00 e. The van der Waals surface area contributed by atoms with Crippen LogP contribution >= 0.6 is 0 Å². The van der Waals surface area contributed by atoms with Crippen LogP contribution in [0.25, 0.3) is 0 Å². The first kappa shape index (κ1) is 25.6. The van der Waals surface area contributed by atoms with E-state index < -0.39 is 0 Å². The fourth-order valence-corrected chi connectivity index (χ4v) is 2.32. The quantitative estimate of drug-likeness (QED) is 0.475. The van der Waals surface area contributed by atoms with Gasteiger partial charge in [-0.3, -0.25) is 21.6 Å². The zero-order valence-electron chi connectivity index (χ0n) is 14.5. The average Bonchev–Trinajstić information content (AvgIpc) is 2.66. The van der Waals surface area contributed by atoms with Crippen molar-refractivity contribution in [2.24, 2.45) is 11.8 Å². The predicted octanol–water partition coefficient (Wildman–Crippen LogP) is 5.75. The summed E-state index contributed by atoms with van der Waals surface area (Å²) in [6.45, 7) is 17.3. The summed E-state index contributed by atoms with van der Waals surface area (Å²) in [5, 5.41) is 0. The van der Waals surface area contributed by atoms with E-state index >= 15 is 0 Å². The zero-order valence-corrected chi connectivity index (χ0v) is 16.9. The van der Waals surface area contributed by atoms with E-state index in [1.807, 2.05) is 0 Å². The van der Waals surface area contributed by atoms with E-state index in [-0.39, 0.29) is 35.6 Å². The molecule has 0 aliphatic heterocycles. The molecular formula is C18H28F2Zr. The van der Waals surface area contributed by atoms with Gasteiger partial charge in [-0.25, -0.2) is 11.1 Å². The number of hydrogen-bond acceptors (Lipinski definition) is 0. The van der Waals surface area contributed by atoms with E-state index in [0.717, 1.165) is 0 Å². The second kappa shape index (κ2) is 10.4. The molecule has 2 aliphatic rings. The van der Waals surface area contributed by atoms with E-state index in [4.69, 9.17) is 0 Å². The van der Waals surface area contributed by atoms with Crippen LogP contribution in [0.15, 0.2) is 33.4 Å². The Kier molecular flexibility index (Phi) is 12.7. The third kappa shape index (κ3) is 6.14. The minimum Gasteiger partial charge on any atom is -0.269 e. The molecule has 0 saturated carbocycles. The predicted molar refractivity (Wildman–Crippen MR) is 84.9 cm³/mol. The molecule has 0 spiro atoms. The van der Waals surface area contributed by atoms with Crippen molar-refractivity contribution in [1.82, 2.24) is 0 Å². The van der Waals surface area contributed by atoms with E-state index in [1.54, 1.807) is 0 Å². The summed E-state index contributed by atoms with van der Waals surface area (Å²) in [7, 11) is 0. The summed E-state index contributed by atoms with van der Waals surface area (Å²) >= 11 is 0. The largest absolute Gasteiger partial charge is 2.00 e. The van der Waals surface area contributed by atoms with Crippen molar-refractivity contribution in [2.45, 2.75) is 55.4 Å². The van der Waals surface area contributed by atoms with E-state index in [0.29, 0.717) is 11.8 Å². The van der Waals surface area contributed by atoms with Crippen LogP contribution in [0.3, 0.4) is 0 Å². The van der Waals surface area contributed by atoms with Crippen molar-refractivity contribution in [3.8, 4) is 0 Å². The molecule has 2 atom stereocenters. The van der Waals surface area contributed by atoms with Crippen molar-refractivity contribution in [1.29, 1.82) is 0 Å². The van der Waals surface area contributed by atoms with Gasteiger partial charge in [-0.2, -0.15) is 22.3 Å².